The van der Waals surface area contributed by atoms with Gasteiger partial charge in [0, 0.05) is 28.9 Å². The number of nitrogens with zero attached hydrogens (tertiary/aromatic N) is 2. The Morgan fingerprint density at radius 3 is 2.63 bits per heavy atom. The quantitative estimate of drug-likeness (QED) is 0.550. The third kappa shape index (κ3) is 4.41. The highest BCUT2D eigenvalue weighted by Crippen LogP contribution is 2.29. The summed E-state index contributed by atoms with van der Waals surface area (Å²) in [6.07, 6.45) is 8.65. The molecule has 0 spiro atoms. The van der Waals surface area contributed by atoms with Gasteiger partial charge in [-0.05, 0) is 43.6 Å². The number of hydrogen-bond acceptors (Lipinski definition) is 4. The van der Waals surface area contributed by atoms with Gasteiger partial charge in [-0.3, -0.25) is 14.5 Å². The van der Waals surface area contributed by atoms with E-state index in [0.717, 1.165) is 42.4 Å². The van der Waals surface area contributed by atoms with Crippen LogP contribution in [0, 0.1) is 0 Å². The zero-order chi connectivity index (χ0) is 20.9. The van der Waals surface area contributed by atoms with E-state index in [9.17, 15) is 9.59 Å². The van der Waals surface area contributed by atoms with Crippen LogP contribution in [-0.4, -0.2) is 46.3 Å². The first-order valence-electron chi connectivity index (χ1n) is 10.2. The minimum atomic E-state index is -0.518. The number of fused-ring (bicyclic) bond motifs is 1. The molecule has 1 fully saturated rings. The maximum absolute atomic E-state index is 12.6. The van der Waals surface area contributed by atoms with Crippen LogP contribution in [0.4, 0.5) is 5.69 Å². The number of carbonyl (C=O) groups excluding carboxylic acids is 2. The van der Waals surface area contributed by atoms with Crippen molar-refractivity contribution in [3.63, 3.8) is 0 Å². The standard InChI is InChI=1S/C23H25N5O2/c24-22(30)18(16-7-3-1-4-8-16)13-17-14-26-23-21(17)19(9-10-25-23)27-20(29)15-28-11-5-2-6-12-28/h1,3-4,7-10,13-14H,2,5-6,11-12,15H2,(H2,24,30)(H2,25,26,27,29). The number of nitrogens with two attached hydrogens (primary N) is 1. The van der Waals surface area contributed by atoms with Crippen molar-refractivity contribution in [1.29, 1.82) is 0 Å². The van der Waals surface area contributed by atoms with Gasteiger partial charge in [0.25, 0.3) is 0 Å². The van der Waals surface area contributed by atoms with Gasteiger partial charge in [-0.25, -0.2) is 4.98 Å². The minimum absolute atomic E-state index is 0.0567. The molecule has 0 radical (unpaired) electrons. The van der Waals surface area contributed by atoms with Crippen molar-refractivity contribution in [3.05, 3.63) is 59.9 Å². The molecule has 1 aliphatic heterocycles. The third-order valence-electron chi connectivity index (χ3n) is 5.34. The number of primary amides is 1. The Balaban J connectivity index is 1.65. The predicted octanol–water partition coefficient (Wildman–Crippen LogP) is 3.01. The number of anilines is 1. The first-order valence-corrected chi connectivity index (χ1v) is 10.2. The van der Waals surface area contributed by atoms with Gasteiger partial charge in [-0.1, -0.05) is 36.8 Å². The summed E-state index contributed by atoms with van der Waals surface area (Å²) in [6.45, 7) is 2.28. The first kappa shape index (κ1) is 19.8. The molecule has 0 saturated carbocycles. The SMILES string of the molecule is NC(=O)C(=Cc1c[nH]c2nccc(NC(=O)CN3CCCCC3)c12)c1ccccc1. The molecule has 0 bridgehead atoms. The minimum Gasteiger partial charge on any atom is -0.366 e. The molecule has 3 heterocycles. The average molecular weight is 403 g/mol. The van der Waals surface area contributed by atoms with Gasteiger partial charge in [0.1, 0.15) is 5.65 Å². The zero-order valence-corrected chi connectivity index (χ0v) is 16.7. The number of aromatic amines is 1. The van der Waals surface area contributed by atoms with E-state index in [2.05, 4.69) is 20.2 Å². The van der Waals surface area contributed by atoms with Crippen LogP contribution in [-0.2, 0) is 9.59 Å². The molecule has 0 atom stereocenters. The molecule has 4 N–H and O–H groups in total. The summed E-state index contributed by atoms with van der Waals surface area (Å²) in [5, 5.41) is 3.76. The summed E-state index contributed by atoms with van der Waals surface area (Å²) in [7, 11) is 0. The van der Waals surface area contributed by atoms with Crippen LogP contribution in [0.15, 0.2) is 48.8 Å². The van der Waals surface area contributed by atoms with E-state index in [4.69, 9.17) is 5.73 Å². The topological polar surface area (TPSA) is 104 Å². The van der Waals surface area contributed by atoms with Crippen molar-refractivity contribution < 1.29 is 9.59 Å². The second-order valence-electron chi connectivity index (χ2n) is 7.50. The van der Waals surface area contributed by atoms with E-state index in [1.165, 1.54) is 6.42 Å². The second kappa shape index (κ2) is 8.92. The van der Waals surface area contributed by atoms with Gasteiger partial charge in [0.05, 0.1) is 12.2 Å². The molecule has 2 aromatic heterocycles. The van der Waals surface area contributed by atoms with Gasteiger partial charge >= 0.3 is 0 Å². The van der Waals surface area contributed by atoms with Crippen LogP contribution < -0.4 is 11.1 Å². The Labute approximate surface area is 175 Å². The fourth-order valence-electron chi connectivity index (χ4n) is 3.88. The van der Waals surface area contributed by atoms with Crippen LogP contribution in [0.5, 0.6) is 0 Å². The smallest absolute Gasteiger partial charge is 0.249 e. The number of H-pyrrole nitrogens is 1. The average Bonchev–Trinajstić information content (AvgIpc) is 3.17. The maximum atomic E-state index is 12.6. The van der Waals surface area contributed by atoms with Gasteiger partial charge < -0.3 is 16.0 Å². The molecule has 30 heavy (non-hydrogen) atoms. The van der Waals surface area contributed by atoms with Crippen molar-refractivity contribution in [2.45, 2.75) is 19.3 Å². The Hall–Kier alpha value is -3.45. The summed E-state index contributed by atoms with van der Waals surface area (Å²) in [5.41, 5.74) is 8.81. The van der Waals surface area contributed by atoms with Crippen LogP contribution in [0.3, 0.4) is 0 Å². The maximum Gasteiger partial charge on any atom is 0.249 e. The molecule has 1 aliphatic rings. The molecule has 154 valence electrons. The van der Waals surface area contributed by atoms with Crippen LogP contribution in [0.25, 0.3) is 22.7 Å². The monoisotopic (exact) mass is 403 g/mol. The Kier molecular flexibility index (Phi) is 5.90. The number of hydrogen-bond donors (Lipinski definition) is 3. The number of amides is 2. The van der Waals surface area contributed by atoms with E-state index in [1.54, 1.807) is 24.5 Å². The number of carbonyl (C=O) groups is 2. The molecule has 7 heteroatoms. The molecule has 0 aliphatic carbocycles. The molecule has 0 unspecified atom stereocenters. The summed E-state index contributed by atoms with van der Waals surface area (Å²) in [4.78, 5) is 34.4. The summed E-state index contributed by atoms with van der Waals surface area (Å²) in [5.74, 6) is -0.575. The largest absolute Gasteiger partial charge is 0.366 e. The molecule has 2 amide bonds. The van der Waals surface area contributed by atoms with E-state index in [0.29, 0.717) is 23.5 Å². The van der Waals surface area contributed by atoms with Crippen molar-refractivity contribution >= 4 is 40.2 Å². The van der Waals surface area contributed by atoms with Gasteiger partial charge in [-0.2, -0.15) is 0 Å². The fraction of sp³-hybridized carbons (Fsp3) is 0.261. The van der Waals surface area contributed by atoms with E-state index in [-0.39, 0.29) is 5.91 Å². The number of aromatic nitrogens is 2. The van der Waals surface area contributed by atoms with Gasteiger partial charge in [0.2, 0.25) is 11.8 Å². The fourth-order valence-corrected chi connectivity index (χ4v) is 3.88. The first-order chi connectivity index (χ1) is 14.6. The molecule has 7 nitrogen and oxygen atoms in total. The van der Waals surface area contributed by atoms with Crippen molar-refractivity contribution in [2.75, 3.05) is 25.0 Å². The zero-order valence-electron chi connectivity index (χ0n) is 16.7. The number of piperidine rings is 1. The molecule has 1 aromatic carbocycles. The number of rotatable bonds is 6. The lowest BCUT2D eigenvalue weighted by atomic mass is 10.0. The Morgan fingerprint density at radius 1 is 1.13 bits per heavy atom. The second-order valence-corrected chi connectivity index (χ2v) is 7.50. The van der Waals surface area contributed by atoms with Crippen LogP contribution in [0.1, 0.15) is 30.4 Å². The summed E-state index contributed by atoms with van der Waals surface area (Å²) < 4.78 is 0. The Bertz CT molecular complexity index is 1080. The lowest BCUT2D eigenvalue weighted by Gasteiger charge is -2.25. The lowest BCUT2D eigenvalue weighted by Crippen LogP contribution is -2.36. The normalized spacial score (nSPS) is 15.3. The lowest BCUT2D eigenvalue weighted by molar-refractivity contribution is -0.117. The number of likely N-dealkylation sites (tertiary alicyclic amines) is 1. The van der Waals surface area contributed by atoms with Gasteiger partial charge in [-0.15, -0.1) is 0 Å². The molecular weight excluding hydrogens is 378 g/mol. The van der Waals surface area contributed by atoms with Crippen LogP contribution >= 0.6 is 0 Å². The summed E-state index contributed by atoms with van der Waals surface area (Å²) >= 11 is 0. The summed E-state index contributed by atoms with van der Waals surface area (Å²) in [6, 6.07) is 11.0. The third-order valence-corrected chi connectivity index (χ3v) is 5.34. The Morgan fingerprint density at radius 2 is 1.90 bits per heavy atom. The van der Waals surface area contributed by atoms with Crippen molar-refractivity contribution in [3.8, 4) is 0 Å². The van der Waals surface area contributed by atoms with Crippen molar-refractivity contribution in [1.82, 2.24) is 14.9 Å². The highest BCUT2D eigenvalue weighted by molar-refractivity contribution is 6.24. The van der Waals surface area contributed by atoms with Crippen LogP contribution in [0.2, 0.25) is 0 Å². The highest BCUT2D eigenvalue weighted by atomic mass is 16.2. The van der Waals surface area contributed by atoms with Crippen molar-refractivity contribution in [2.24, 2.45) is 5.73 Å². The van der Waals surface area contributed by atoms with E-state index >= 15 is 0 Å². The molecule has 4 rings (SSSR count). The number of benzene rings is 1. The predicted molar refractivity (Wildman–Crippen MR) is 119 cm³/mol. The van der Waals surface area contributed by atoms with Gasteiger partial charge in [0.15, 0.2) is 0 Å². The molecule has 3 aromatic rings. The van der Waals surface area contributed by atoms with E-state index in [1.807, 2.05) is 30.3 Å². The highest BCUT2D eigenvalue weighted by Gasteiger charge is 2.17. The number of nitrogens with one attached hydrogen (secondary N) is 2. The molecule has 1 saturated heterocycles. The van der Waals surface area contributed by atoms with E-state index < -0.39 is 5.91 Å². The molecular formula is C23H25N5O2. The number of pyridine rings is 1.